The van der Waals surface area contributed by atoms with Crippen molar-refractivity contribution in [1.29, 1.82) is 0 Å². The summed E-state index contributed by atoms with van der Waals surface area (Å²) in [4.78, 5) is 12.9. The van der Waals surface area contributed by atoms with Crippen LogP contribution in [0.1, 0.15) is 11.1 Å². The third-order valence-electron chi connectivity index (χ3n) is 5.75. The van der Waals surface area contributed by atoms with Crippen molar-refractivity contribution >= 4 is 82.9 Å². The first kappa shape index (κ1) is 31.8. The molecule has 0 radical (unpaired) electrons. The highest BCUT2D eigenvalue weighted by Crippen LogP contribution is 2.37. The highest BCUT2D eigenvalue weighted by atomic mass is 79.9. The number of sulfonamides is 1. The van der Waals surface area contributed by atoms with E-state index in [9.17, 15) is 13.2 Å². The Morgan fingerprint density at radius 1 is 0.976 bits per heavy atom. The van der Waals surface area contributed by atoms with Crippen LogP contribution in [0.4, 0.5) is 5.69 Å². The van der Waals surface area contributed by atoms with Crippen molar-refractivity contribution in [2.75, 3.05) is 18.0 Å². The maximum Gasteiger partial charge on any atom is 0.264 e. The average Bonchev–Trinajstić information content (AvgIpc) is 2.97. The number of hydrogen-bond donors (Lipinski definition) is 1. The van der Waals surface area contributed by atoms with Gasteiger partial charge in [0.2, 0.25) is 0 Å². The van der Waals surface area contributed by atoms with Crippen molar-refractivity contribution in [2.24, 2.45) is 5.10 Å². The molecule has 0 saturated heterocycles. The first-order valence-electron chi connectivity index (χ1n) is 12.2. The molecule has 0 spiro atoms. The van der Waals surface area contributed by atoms with Crippen LogP contribution in [0.5, 0.6) is 11.5 Å². The van der Waals surface area contributed by atoms with Crippen LogP contribution in [0.3, 0.4) is 0 Å². The summed E-state index contributed by atoms with van der Waals surface area (Å²) in [6.07, 6.45) is 1.41. The third kappa shape index (κ3) is 8.05. The van der Waals surface area contributed by atoms with E-state index in [-0.39, 0.29) is 11.5 Å². The summed E-state index contributed by atoms with van der Waals surface area (Å²) in [5.74, 6) is 0.245. The molecule has 0 unspecified atom stereocenters. The molecular formula is C29H23Br2Cl2N3O5S. The Morgan fingerprint density at radius 3 is 2.36 bits per heavy atom. The van der Waals surface area contributed by atoms with Gasteiger partial charge >= 0.3 is 0 Å². The number of ether oxygens (including phenoxy) is 2. The van der Waals surface area contributed by atoms with E-state index in [0.717, 1.165) is 14.3 Å². The Bertz CT molecular complexity index is 1710. The molecule has 42 heavy (non-hydrogen) atoms. The number of nitrogens with zero attached hydrogens (tertiary/aromatic N) is 2. The second-order valence-corrected chi connectivity index (χ2v) is 13.1. The molecular weight excluding hydrogens is 733 g/mol. The highest BCUT2D eigenvalue weighted by molar-refractivity contribution is 9.10. The van der Waals surface area contributed by atoms with Crippen molar-refractivity contribution in [2.45, 2.75) is 11.5 Å². The number of hydrazone groups is 1. The smallest absolute Gasteiger partial charge is 0.264 e. The molecule has 0 bridgehead atoms. The van der Waals surface area contributed by atoms with Crippen LogP contribution in [0, 0.1) is 0 Å². The molecule has 1 N–H and O–H groups in total. The first-order chi connectivity index (χ1) is 20.1. The fraction of sp³-hybridized carbons (Fsp3) is 0.103. The number of anilines is 1. The summed E-state index contributed by atoms with van der Waals surface area (Å²) >= 11 is 18.9. The van der Waals surface area contributed by atoms with Crippen LogP contribution in [-0.2, 0) is 21.4 Å². The molecule has 1 amide bonds. The predicted molar refractivity (Wildman–Crippen MR) is 172 cm³/mol. The normalized spacial score (nSPS) is 11.4. The van der Waals surface area contributed by atoms with E-state index in [1.54, 1.807) is 72.8 Å². The van der Waals surface area contributed by atoms with Gasteiger partial charge in [0.05, 0.1) is 38.4 Å². The zero-order chi connectivity index (χ0) is 30.3. The number of benzene rings is 4. The Kier molecular flexibility index (Phi) is 10.9. The molecule has 4 aromatic carbocycles. The molecule has 0 aliphatic rings. The number of halogens is 4. The number of rotatable bonds is 11. The first-order valence-corrected chi connectivity index (χ1v) is 16.0. The summed E-state index contributed by atoms with van der Waals surface area (Å²) in [6.45, 7) is -0.277. The van der Waals surface area contributed by atoms with E-state index >= 15 is 0 Å². The molecule has 4 rings (SSSR count). The van der Waals surface area contributed by atoms with E-state index in [1.807, 2.05) is 0 Å². The number of carbonyl (C=O) groups is 1. The maximum absolute atomic E-state index is 13.4. The fourth-order valence-corrected chi connectivity index (χ4v) is 6.33. The van der Waals surface area contributed by atoms with Crippen molar-refractivity contribution < 1.29 is 22.7 Å². The van der Waals surface area contributed by atoms with Crippen molar-refractivity contribution in [3.05, 3.63) is 115 Å². The summed E-state index contributed by atoms with van der Waals surface area (Å²) in [5.41, 5.74) is 4.13. The van der Waals surface area contributed by atoms with Crippen LogP contribution in [0.15, 0.2) is 104 Å². The van der Waals surface area contributed by atoms with Gasteiger partial charge in [0.25, 0.3) is 15.9 Å². The van der Waals surface area contributed by atoms with E-state index in [2.05, 4.69) is 42.4 Å². The van der Waals surface area contributed by atoms with Gasteiger partial charge in [-0.2, -0.15) is 5.10 Å². The summed E-state index contributed by atoms with van der Waals surface area (Å²) in [5, 5.41) is 4.90. The van der Waals surface area contributed by atoms with E-state index in [0.29, 0.717) is 37.3 Å². The van der Waals surface area contributed by atoms with Gasteiger partial charge in [0.15, 0.2) is 11.5 Å². The Labute approximate surface area is 270 Å². The van der Waals surface area contributed by atoms with Gasteiger partial charge < -0.3 is 9.47 Å². The lowest BCUT2D eigenvalue weighted by atomic mass is 10.2. The Balaban J connectivity index is 1.47. The fourth-order valence-electron chi connectivity index (χ4n) is 3.73. The van der Waals surface area contributed by atoms with Gasteiger partial charge in [-0.1, -0.05) is 63.4 Å². The van der Waals surface area contributed by atoms with Crippen molar-refractivity contribution in [3.63, 3.8) is 0 Å². The molecule has 218 valence electrons. The number of nitrogens with one attached hydrogen (secondary N) is 1. The van der Waals surface area contributed by atoms with Gasteiger partial charge in [-0.15, -0.1) is 0 Å². The Morgan fingerprint density at radius 2 is 1.69 bits per heavy atom. The average molecular weight is 756 g/mol. The van der Waals surface area contributed by atoms with E-state index in [1.165, 1.54) is 25.5 Å². The van der Waals surface area contributed by atoms with Crippen LogP contribution < -0.4 is 19.2 Å². The van der Waals surface area contributed by atoms with Crippen molar-refractivity contribution in [3.8, 4) is 11.5 Å². The monoisotopic (exact) mass is 753 g/mol. The van der Waals surface area contributed by atoms with Crippen LogP contribution in [-0.4, -0.2) is 34.2 Å². The van der Waals surface area contributed by atoms with Crippen molar-refractivity contribution in [1.82, 2.24) is 5.43 Å². The topological polar surface area (TPSA) is 97.3 Å². The van der Waals surface area contributed by atoms with Gasteiger partial charge in [-0.05, 0) is 87.7 Å². The van der Waals surface area contributed by atoms with E-state index in [4.69, 9.17) is 32.7 Å². The predicted octanol–water partition coefficient (Wildman–Crippen LogP) is 7.45. The molecule has 0 saturated carbocycles. The molecule has 13 heteroatoms. The number of methoxy groups -OCH3 is 1. The Hall–Kier alpha value is -3.09. The lowest BCUT2D eigenvalue weighted by Gasteiger charge is -2.23. The van der Waals surface area contributed by atoms with Gasteiger partial charge in [-0.25, -0.2) is 13.8 Å². The van der Waals surface area contributed by atoms with Gasteiger partial charge in [-0.3, -0.25) is 9.10 Å². The lowest BCUT2D eigenvalue weighted by molar-refractivity contribution is -0.119. The molecule has 0 heterocycles. The second-order valence-electron chi connectivity index (χ2n) is 8.67. The van der Waals surface area contributed by atoms with Gasteiger partial charge in [0.1, 0.15) is 13.2 Å². The maximum atomic E-state index is 13.4. The highest BCUT2D eigenvalue weighted by Gasteiger charge is 2.27. The number of carbonyl (C=O) groups excluding carboxylic acids is 1. The van der Waals surface area contributed by atoms with Crippen LogP contribution in [0.25, 0.3) is 0 Å². The SMILES string of the molecule is COc1cc(/C=N\NC(=O)CN(c2ccc(Br)cc2)S(=O)(=O)c2ccccc2)cc(Br)c1OCc1ccc(Cl)c(Cl)c1. The molecule has 8 nitrogen and oxygen atoms in total. The largest absolute Gasteiger partial charge is 0.493 e. The van der Waals surface area contributed by atoms with Crippen LogP contribution in [0.2, 0.25) is 10.0 Å². The third-order valence-corrected chi connectivity index (χ3v) is 9.40. The minimum absolute atomic E-state index is 0.0580. The summed E-state index contributed by atoms with van der Waals surface area (Å²) < 4.78 is 40.6. The summed E-state index contributed by atoms with van der Waals surface area (Å²) in [6, 6.07) is 23.1. The zero-order valence-electron chi connectivity index (χ0n) is 21.9. The molecule has 4 aromatic rings. The number of hydrogen-bond acceptors (Lipinski definition) is 6. The molecule has 0 aliphatic heterocycles. The van der Waals surface area contributed by atoms with Gasteiger partial charge in [0, 0.05) is 4.47 Å². The minimum Gasteiger partial charge on any atom is -0.493 e. The standard InChI is InChI=1S/C29H23Br2Cl2N3O5S/c1-40-27-15-20(13-24(31)29(27)41-18-19-7-12-25(32)26(33)14-19)16-34-35-28(37)17-36(22-10-8-21(30)9-11-22)42(38,39)23-5-3-2-4-6-23/h2-16H,17-18H2,1H3,(H,35,37)/b34-16-. The minimum atomic E-state index is -4.03. The number of amides is 1. The lowest BCUT2D eigenvalue weighted by Crippen LogP contribution is -2.39. The molecule has 0 aliphatic carbocycles. The quantitative estimate of drug-likeness (QED) is 0.127. The molecule has 0 aromatic heterocycles. The summed E-state index contributed by atoms with van der Waals surface area (Å²) in [7, 11) is -2.53. The molecule has 0 fully saturated rings. The zero-order valence-corrected chi connectivity index (χ0v) is 27.4. The second kappa shape index (κ2) is 14.4. The van der Waals surface area contributed by atoms with E-state index < -0.39 is 22.5 Å². The molecule has 0 atom stereocenters. The van der Waals surface area contributed by atoms with Crippen LogP contribution >= 0.6 is 55.1 Å².